The predicted molar refractivity (Wildman–Crippen MR) is 95.2 cm³/mol. The number of rotatable bonds is 21. The van der Waals surface area contributed by atoms with Crippen molar-refractivity contribution in [2.24, 2.45) is 0 Å². The van der Waals surface area contributed by atoms with Crippen molar-refractivity contribution in [3.63, 3.8) is 0 Å². The van der Waals surface area contributed by atoms with Gasteiger partial charge in [0.15, 0.2) is 0 Å². The first-order valence-corrected chi connectivity index (χ1v) is 9.64. The van der Waals surface area contributed by atoms with Crippen LogP contribution in [0.1, 0.15) is 6.92 Å². The van der Waals surface area contributed by atoms with E-state index in [0.29, 0.717) is 85.9 Å². The Morgan fingerprint density at radius 2 is 0.667 bits per heavy atom. The van der Waals surface area contributed by atoms with Crippen molar-refractivity contribution in [2.75, 3.05) is 97.8 Å². The van der Waals surface area contributed by atoms with Crippen molar-refractivity contribution >= 4 is 15.9 Å². The highest BCUT2D eigenvalue weighted by Crippen LogP contribution is 1.85. The third kappa shape index (κ3) is 22.2. The van der Waals surface area contributed by atoms with Crippen LogP contribution in [0.2, 0.25) is 0 Å². The van der Waals surface area contributed by atoms with E-state index in [9.17, 15) is 0 Å². The molecule has 0 aliphatic heterocycles. The van der Waals surface area contributed by atoms with Crippen LogP contribution < -0.4 is 0 Å². The second kappa shape index (κ2) is 23.2. The Morgan fingerprint density at radius 3 is 0.917 bits per heavy atom. The molecule has 0 aromatic rings. The Labute approximate surface area is 154 Å². The first-order valence-electron chi connectivity index (χ1n) is 8.52. The van der Waals surface area contributed by atoms with Gasteiger partial charge in [0.05, 0.1) is 85.9 Å². The third-order valence-electron chi connectivity index (χ3n) is 2.66. The molecule has 0 amide bonds. The Morgan fingerprint density at radius 1 is 0.417 bits per heavy atom. The second-order valence-corrected chi connectivity index (χ2v) is 5.35. The molecule has 0 saturated carbocycles. The van der Waals surface area contributed by atoms with E-state index in [0.717, 1.165) is 11.9 Å². The molecule has 0 aliphatic rings. The quantitative estimate of drug-likeness (QED) is 0.207. The van der Waals surface area contributed by atoms with E-state index in [1.165, 1.54) is 0 Å². The predicted octanol–water partition coefficient (Wildman–Crippen LogP) is 1.52. The molecule has 0 aromatic carbocycles. The molecule has 0 fully saturated rings. The number of hydrogen-bond acceptors (Lipinski definition) is 7. The molecule has 0 N–H and O–H groups in total. The molecule has 0 unspecified atom stereocenters. The maximum atomic E-state index is 5.39. The van der Waals surface area contributed by atoms with E-state index in [2.05, 4.69) is 15.9 Å². The molecule has 0 spiro atoms. The Balaban J connectivity index is 2.93. The summed E-state index contributed by atoms with van der Waals surface area (Å²) < 4.78 is 37.2. The average molecular weight is 417 g/mol. The summed E-state index contributed by atoms with van der Waals surface area (Å²) in [7, 11) is 0. The highest BCUT2D eigenvalue weighted by atomic mass is 79.9. The maximum Gasteiger partial charge on any atom is 0.0701 e. The van der Waals surface area contributed by atoms with Crippen LogP contribution in [-0.4, -0.2) is 97.8 Å². The summed E-state index contributed by atoms with van der Waals surface area (Å²) in [6, 6.07) is 0. The number of alkyl halides is 1. The van der Waals surface area contributed by atoms with Crippen molar-refractivity contribution in [3.05, 3.63) is 0 Å². The van der Waals surface area contributed by atoms with Crippen molar-refractivity contribution in [1.29, 1.82) is 0 Å². The summed E-state index contributed by atoms with van der Waals surface area (Å²) in [4.78, 5) is 0. The molecule has 7 nitrogen and oxygen atoms in total. The van der Waals surface area contributed by atoms with Gasteiger partial charge >= 0.3 is 0 Å². The molecule has 24 heavy (non-hydrogen) atoms. The van der Waals surface area contributed by atoms with Gasteiger partial charge in [-0.1, -0.05) is 15.9 Å². The summed E-state index contributed by atoms with van der Waals surface area (Å²) in [6.07, 6.45) is 0. The summed E-state index contributed by atoms with van der Waals surface area (Å²) in [5, 5.41) is 0.851. The van der Waals surface area contributed by atoms with Gasteiger partial charge in [-0.15, -0.1) is 0 Å². The highest BCUT2D eigenvalue weighted by molar-refractivity contribution is 9.09. The Kier molecular flexibility index (Phi) is 23.4. The van der Waals surface area contributed by atoms with Gasteiger partial charge in [0, 0.05) is 11.9 Å². The summed E-state index contributed by atoms with van der Waals surface area (Å²) in [5.41, 5.74) is 0. The van der Waals surface area contributed by atoms with Crippen molar-refractivity contribution in [1.82, 2.24) is 0 Å². The molecule has 0 heterocycles. The Hall–Kier alpha value is 0.200. The molecular weight excluding hydrogens is 384 g/mol. The van der Waals surface area contributed by atoms with Crippen LogP contribution in [-0.2, 0) is 33.2 Å². The van der Waals surface area contributed by atoms with Crippen LogP contribution in [0.4, 0.5) is 0 Å². The van der Waals surface area contributed by atoms with Gasteiger partial charge in [0.2, 0.25) is 0 Å². The third-order valence-corrected chi connectivity index (χ3v) is 2.98. The lowest BCUT2D eigenvalue weighted by molar-refractivity contribution is -0.0196. The molecule has 0 bridgehead atoms. The van der Waals surface area contributed by atoms with E-state index < -0.39 is 0 Å². The standard InChI is InChI=1S/C16H33BrO7/c1-2-18-5-6-20-9-10-22-13-14-24-16-15-23-12-11-21-8-7-19-4-3-17/h2-16H2,1H3. The van der Waals surface area contributed by atoms with Gasteiger partial charge in [-0.3, -0.25) is 0 Å². The highest BCUT2D eigenvalue weighted by Gasteiger charge is 1.94. The molecule has 0 radical (unpaired) electrons. The maximum absolute atomic E-state index is 5.39. The molecule has 0 saturated heterocycles. The van der Waals surface area contributed by atoms with Crippen LogP contribution in [0.3, 0.4) is 0 Å². The van der Waals surface area contributed by atoms with Gasteiger partial charge in [-0.05, 0) is 6.92 Å². The zero-order valence-electron chi connectivity index (χ0n) is 14.8. The van der Waals surface area contributed by atoms with Gasteiger partial charge in [-0.25, -0.2) is 0 Å². The lowest BCUT2D eigenvalue weighted by atomic mass is 10.6. The number of ether oxygens (including phenoxy) is 7. The average Bonchev–Trinajstić information content (AvgIpc) is 2.60. The van der Waals surface area contributed by atoms with Crippen molar-refractivity contribution in [3.8, 4) is 0 Å². The lowest BCUT2D eigenvalue weighted by Crippen LogP contribution is -2.14. The molecule has 8 heteroatoms. The lowest BCUT2D eigenvalue weighted by Gasteiger charge is -2.08. The topological polar surface area (TPSA) is 64.6 Å². The number of halogens is 1. The van der Waals surface area contributed by atoms with Crippen LogP contribution in [0.5, 0.6) is 0 Å². The fraction of sp³-hybridized carbons (Fsp3) is 1.00. The van der Waals surface area contributed by atoms with Gasteiger partial charge in [0.25, 0.3) is 0 Å². The molecule has 146 valence electrons. The van der Waals surface area contributed by atoms with E-state index in [1.807, 2.05) is 6.92 Å². The monoisotopic (exact) mass is 416 g/mol. The molecule has 0 aliphatic carbocycles. The van der Waals surface area contributed by atoms with Gasteiger partial charge in [0.1, 0.15) is 0 Å². The van der Waals surface area contributed by atoms with Gasteiger partial charge in [-0.2, -0.15) is 0 Å². The zero-order valence-corrected chi connectivity index (χ0v) is 16.4. The number of hydrogen-bond donors (Lipinski definition) is 0. The van der Waals surface area contributed by atoms with Crippen LogP contribution in [0.25, 0.3) is 0 Å². The fourth-order valence-electron chi connectivity index (χ4n) is 1.52. The minimum Gasteiger partial charge on any atom is -0.379 e. The van der Waals surface area contributed by atoms with E-state index in [1.54, 1.807) is 0 Å². The SMILES string of the molecule is CCOCCOCCOCCOCCOCCOCCOCCBr. The second-order valence-electron chi connectivity index (χ2n) is 4.56. The van der Waals surface area contributed by atoms with Crippen molar-refractivity contribution in [2.45, 2.75) is 6.92 Å². The molecule has 0 rings (SSSR count). The van der Waals surface area contributed by atoms with Crippen LogP contribution >= 0.6 is 15.9 Å². The largest absolute Gasteiger partial charge is 0.379 e. The minimum atomic E-state index is 0.558. The van der Waals surface area contributed by atoms with E-state index in [4.69, 9.17) is 33.2 Å². The Bertz CT molecular complexity index is 201. The normalized spacial score (nSPS) is 11.2. The van der Waals surface area contributed by atoms with Gasteiger partial charge < -0.3 is 33.2 Å². The fourth-order valence-corrected chi connectivity index (χ4v) is 1.75. The summed E-state index contributed by atoms with van der Waals surface area (Å²) in [6.45, 7) is 10.4. The zero-order chi connectivity index (χ0) is 17.6. The van der Waals surface area contributed by atoms with E-state index >= 15 is 0 Å². The minimum absolute atomic E-state index is 0.558. The molecule has 0 aromatic heterocycles. The molecular formula is C16H33BrO7. The van der Waals surface area contributed by atoms with Crippen LogP contribution in [0, 0.1) is 0 Å². The summed E-state index contributed by atoms with van der Waals surface area (Å²) >= 11 is 3.29. The first-order chi connectivity index (χ1) is 11.9. The smallest absolute Gasteiger partial charge is 0.0701 e. The van der Waals surface area contributed by atoms with Crippen LogP contribution in [0.15, 0.2) is 0 Å². The summed E-state index contributed by atoms with van der Waals surface area (Å²) in [5.74, 6) is 0. The van der Waals surface area contributed by atoms with E-state index in [-0.39, 0.29) is 0 Å². The molecule has 0 atom stereocenters. The first kappa shape index (κ1) is 24.2. The van der Waals surface area contributed by atoms with Crippen molar-refractivity contribution < 1.29 is 33.2 Å².